The minimum absolute atomic E-state index is 0.179. The lowest BCUT2D eigenvalue weighted by molar-refractivity contribution is 0.0616. The van der Waals surface area contributed by atoms with Gasteiger partial charge in [-0.25, -0.2) is 0 Å². The second-order valence-electron chi connectivity index (χ2n) is 5.73. The van der Waals surface area contributed by atoms with Crippen molar-refractivity contribution in [1.29, 1.82) is 0 Å². The third-order valence-electron chi connectivity index (χ3n) is 4.17. The number of amides is 1. The Morgan fingerprint density at radius 1 is 1.42 bits per heavy atom. The molecule has 0 N–H and O–H groups in total. The van der Waals surface area contributed by atoms with Gasteiger partial charge < -0.3 is 9.47 Å². The molecule has 0 radical (unpaired) electrons. The summed E-state index contributed by atoms with van der Waals surface area (Å²) >= 11 is 3.48. The first kappa shape index (κ1) is 14.6. The monoisotopic (exact) mass is 326 g/mol. The highest BCUT2D eigenvalue weighted by Crippen LogP contribution is 2.25. The number of halogens is 1. The van der Waals surface area contributed by atoms with Gasteiger partial charge in [-0.1, -0.05) is 20.8 Å². The topological polar surface area (TPSA) is 25.2 Å². The minimum Gasteiger partial charge on any atom is -0.342 e. The Bertz CT molecular complexity index is 455. The van der Waals surface area contributed by atoms with Gasteiger partial charge in [-0.3, -0.25) is 4.79 Å². The Hall–Kier alpha value is -0.770. The van der Waals surface area contributed by atoms with Crippen LogP contribution < -0.4 is 0 Å². The maximum atomic E-state index is 12.6. The van der Waals surface area contributed by atoms with E-state index in [2.05, 4.69) is 41.3 Å². The van der Waals surface area contributed by atoms with Crippen LogP contribution in [0.1, 0.15) is 44.1 Å². The van der Waals surface area contributed by atoms with E-state index in [0.29, 0.717) is 5.92 Å². The first-order valence-corrected chi connectivity index (χ1v) is 7.97. The lowest BCUT2D eigenvalue weighted by Crippen LogP contribution is -2.42. The fourth-order valence-corrected chi connectivity index (χ4v) is 3.15. The first-order chi connectivity index (χ1) is 9.02. The van der Waals surface area contributed by atoms with E-state index in [9.17, 15) is 4.79 Å². The van der Waals surface area contributed by atoms with Crippen LogP contribution in [0.3, 0.4) is 0 Å². The Morgan fingerprint density at radius 2 is 2.16 bits per heavy atom. The first-order valence-electron chi connectivity index (χ1n) is 7.17. The number of likely N-dealkylation sites (tertiary alicyclic amines) is 1. The van der Waals surface area contributed by atoms with E-state index in [0.717, 1.165) is 48.6 Å². The molecule has 3 nitrogen and oxygen atoms in total. The van der Waals surface area contributed by atoms with Crippen LogP contribution in [0.25, 0.3) is 0 Å². The number of aryl methyl sites for hydroxylation is 1. The van der Waals surface area contributed by atoms with Gasteiger partial charge in [0.05, 0.1) is 0 Å². The maximum Gasteiger partial charge on any atom is 0.270 e. The van der Waals surface area contributed by atoms with Crippen molar-refractivity contribution in [1.82, 2.24) is 9.47 Å². The van der Waals surface area contributed by atoms with E-state index in [-0.39, 0.29) is 5.91 Å². The predicted octanol–water partition coefficient (Wildman–Crippen LogP) is 3.78. The summed E-state index contributed by atoms with van der Waals surface area (Å²) in [5, 5.41) is 0. The third-order valence-corrected chi connectivity index (χ3v) is 4.60. The van der Waals surface area contributed by atoms with Crippen LogP contribution in [0.5, 0.6) is 0 Å². The number of rotatable bonds is 3. The molecule has 0 aromatic carbocycles. The van der Waals surface area contributed by atoms with Gasteiger partial charge in [0.25, 0.3) is 5.91 Å². The van der Waals surface area contributed by atoms with Crippen molar-refractivity contribution in [2.45, 2.75) is 40.2 Å². The second-order valence-corrected chi connectivity index (χ2v) is 6.65. The van der Waals surface area contributed by atoms with Crippen LogP contribution in [0, 0.1) is 11.8 Å². The molecule has 0 spiro atoms. The molecule has 0 bridgehead atoms. The lowest BCUT2D eigenvalue weighted by Gasteiger charge is -2.35. The van der Waals surface area contributed by atoms with Crippen molar-refractivity contribution in [2.24, 2.45) is 11.8 Å². The summed E-state index contributed by atoms with van der Waals surface area (Å²) in [7, 11) is 0. The number of nitrogens with zero attached hydrogens (tertiary/aromatic N) is 2. The Morgan fingerprint density at radius 3 is 2.79 bits per heavy atom. The highest BCUT2D eigenvalue weighted by Gasteiger charge is 2.27. The molecular formula is C15H23BrN2O. The van der Waals surface area contributed by atoms with Gasteiger partial charge in [-0.05, 0) is 46.7 Å². The van der Waals surface area contributed by atoms with Crippen LogP contribution in [0.4, 0.5) is 0 Å². The average molecular weight is 327 g/mol. The molecule has 1 aromatic rings. The van der Waals surface area contributed by atoms with Gasteiger partial charge in [0.15, 0.2) is 0 Å². The van der Waals surface area contributed by atoms with Crippen molar-refractivity contribution in [3.8, 4) is 0 Å². The fourth-order valence-electron chi connectivity index (χ4n) is 2.69. The van der Waals surface area contributed by atoms with E-state index in [4.69, 9.17) is 0 Å². The SMILES string of the molecule is CCCn1cc(Br)cc1C(=O)N1CCC(C)C(C)C1. The summed E-state index contributed by atoms with van der Waals surface area (Å²) in [6, 6.07) is 1.95. The van der Waals surface area contributed by atoms with E-state index in [1.54, 1.807) is 0 Å². The summed E-state index contributed by atoms with van der Waals surface area (Å²) in [5.41, 5.74) is 0.815. The Balaban J connectivity index is 2.15. The number of carbonyl (C=O) groups excluding carboxylic acids is 1. The normalized spacial score (nSPS) is 23.7. The summed E-state index contributed by atoms with van der Waals surface area (Å²) in [4.78, 5) is 14.7. The highest BCUT2D eigenvalue weighted by molar-refractivity contribution is 9.10. The second kappa shape index (κ2) is 6.12. The van der Waals surface area contributed by atoms with Crippen LogP contribution in [-0.4, -0.2) is 28.5 Å². The van der Waals surface area contributed by atoms with Gasteiger partial charge in [0.2, 0.25) is 0 Å². The van der Waals surface area contributed by atoms with Gasteiger partial charge in [0, 0.05) is 30.3 Å². The van der Waals surface area contributed by atoms with Crippen LogP contribution >= 0.6 is 15.9 Å². The molecule has 2 unspecified atom stereocenters. The van der Waals surface area contributed by atoms with Gasteiger partial charge in [0.1, 0.15) is 5.69 Å². The van der Waals surface area contributed by atoms with Crippen molar-refractivity contribution < 1.29 is 4.79 Å². The van der Waals surface area contributed by atoms with Crippen molar-refractivity contribution in [2.75, 3.05) is 13.1 Å². The van der Waals surface area contributed by atoms with E-state index in [1.807, 2.05) is 17.2 Å². The number of carbonyl (C=O) groups is 1. The zero-order valence-corrected chi connectivity index (χ0v) is 13.6. The number of piperidine rings is 1. The maximum absolute atomic E-state index is 12.6. The highest BCUT2D eigenvalue weighted by atomic mass is 79.9. The van der Waals surface area contributed by atoms with Gasteiger partial charge in [-0.15, -0.1) is 0 Å². The fraction of sp³-hybridized carbons (Fsp3) is 0.667. The molecule has 4 heteroatoms. The largest absolute Gasteiger partial charge is 0.342 e. The smallest absolute Gasteiger partial charge is 0.270 e. The summed E-state index contributed by atoms with van der Waals surface area (Å²) < 4.78 is 3.05. The third kappa shape index (κ3) is 3.22. The van der Waals surface area contributed by atoms with Crippen molar-refractivity contribution >= 4 is 21.8 Å². The summed E-state index contributed by atoms with van der Waals surface area (Å²) in [6.07, 6.45) is 4.16. The quantitative estimate of drug-likeness (QED) is 0.829. The zero-order valence-electron chi connectivity index (χ0n) is 12.0. The molecule has 2 atom stereocenters. The van der Waals surface area contributed by atoms with E-state index < -0.39 is 0 Å². The van der Waals surface area contributed by atoms with Crippen LogP contribution in [0.2, 0.25) is 0 Å². The Labute approximate surface area is 124 Å². The summed E-state index contributed by atoms with van der Waals surface area (Å²) in [6.45, 7) is 9.32. The average Bonchev–Trinajstić information content (AvgIpc) is 2.73. The number of aromatic nitrogens is 1. The van der Waals surface area contributed by atoms with Gasteiger partial charge in [-0.2, -0.15) is 0 Å². The Kier molecular flexibility index (Phi) is 4.71. The molecule has 1 amide bonds. The molecular weight excluding hydrogens is 304 g/mol. The molecule has 1 aliphatic heterocycles. The number of hydrogen-bond acceptors (Lipinski definition) is 1. The van der Waals surface area contributed by atoms with E-state index >= 15 is 0 Å². The molecule has 1 aromatic heterocycles. The predicted molar refractivity (Wildman–Crippen MR) is 81.3 cm³/mol. The minimum atomic E-state index is 0.179. The van der Waals surface area contributed by atoms with Crippen molar-refractivity contribution in [3.63, 3.8) is 0 Å². The molecule has 2 heterocycles. The molecule has 1 fully saturated rings. The lowest BCUT2D eigenvalue weighted by atomic mass is 9.88. The standard InChI is InChI=1S/C15H23BrN2O/c1-4-6-17-10-13(16)8-14(17)15(19)18-7-5-11(2)12(3)9-18/h8,10-12H,4-7,9H2,1-3H3. The van der Waals surface area contributed by atoms with Crippen LogP contribution in [-0.2, 0) is 6.54 Å². The zero-order chi connectivity index (χ0) is 14.0. The molecule has 2 rings (SSSR count). The van der Waals surface area contributed by atoms with Crippen LogP contribution in [0.15, 0.2) is 16.7 Å². The molecule has 106 valence electrons. The van der Waals surface area contributed by atoms with Crippen molar-refractivity contribution in [3.05, 3.63) is 22.4 Å². The number of hydrogen-bond donors (Lipinski definition) is 0. The molecule has 0 aliphatic carbocycles. The molecule has 1 saturated heterocycles. The molecule has 0 saturated carbocycles. The van der Waals surface area contributed by atoms with Gasteiger partial charge >= 0.3 is 0 Å². The molecule has 19 heavy (non-hydrogen) atoms. The van der Waals surface area contributed by atoms with E-state index in [1.165, 1.54) is 0 Å². The molecule has 1 aliphatic rings. The summed E-state index contributed by atoms with van der Waals surface area (Å²) in [5.74, 6) is 1.49.